The number of rotatable bonds is 11. The molecular weight excluding hydrogens is 584 g/mol. The molecule has 3 aromatic carbocycles. The van der Waals surface area contributed by atoms with Crippen LogP contribution in [0.2, 0.25) is 0 Å². The second-order valence-corrected chi connectivity index (χ2v) is 9.96. The molecule has 4 aromatic rings. The normalized spacial score (nSPS) is 10.8. The molecule has 1 aromatic heterocycles. The largest absolute Gasteiger partial charge is 0.490 e. The van der Waals surface area contributed by atoms with Crippen LogP contribution in [0.25, 0.3) is 11.3 Å². The van der Waals surface area contributed by atoms with Gasteiger partial charge in [0.15, 0.2) is 23.2 Å². The predicted octanol–water partition coefficient (Wildman–Crippen LogP) is 6.25. The quantitative estimate of drug-likeness (QED) is 0.136. The first kappa shape index (κ1) is 27.8. The van der Waals surface area contributed by atoms with Gasteiger partial charge in [-0.3, -0.25) is 4.79 Å². The summed E-state index contributed by atoms with van der Waals surface area (Å²) in [6.07, 6.45) is 1.46. The molecule has 0 spiro atoms. The Balaban J connectivity index is 1.38. The Hall–Kier alpha value is -4.22. The van der Waals surface area contributed by atoms with Gasteiger partial charge >= 0.3 is 5.97 Å². The second kappa shape index (κ2) is 13.0. The van der Waals surface area contributed by atoms with Crippen LogP contribution < -0.4 is 20.2 Å². The van der Waals surface area contributed by atoms with Crippen LogP contribution in [0.3, 0.4) is 0 Å². The van der Waals surface area contributed by atoms with Gasteiger partial charge < -0.3 is 19.9 Å². The van der Waals surface area contributed by atoms with Crippen LogP contribution in [-0.4, -0.2) is 41.4 Å². The summed E-state index contributed by atoms with van der Waals surface area (Å²) < 4.78 is 11.4. The van der Waals surface area contributed by atoms with E-state index in [0.717, 1.165) is 22.1 Å². The molecule has 39 heavy (non-hydrogen) atoms. The molecule has 9 nitrogen and oxygen atoms in total. The van der Waals surface area contributed by atoms with Crippen LogP contribution in [0.5, 0.6) is 11.5 Å². The lowest BCUT2D eigenvalue weighted by Crippen LogP contribution is -2.17. The zero-order valence-corrected chi connectivity index (χ0v) is 23.5. The number of carboxylic acid groups (broad SMARTS) is 1. The van der Waals surface area contributed by atoms with Crippen molar-refractivity contribution in [2.45, 2.75) is 13.8 Å². The average molecular weight is 610 g/mol. The second-order valence-electron chi connectivity index (χ2n) is 8.25. The molecule has 0 aliphatic carbocycles. The van der Waals surface area contributed by atoms with Crippen molar-refractivity contribution in [1.29, 1.82) is 0 Å². The Morgan fingerprint density at radius 2 is 1.85 bits per heavy atom. The summed E-state index contributed by atoms with van der Waals surface area (Å²) in [7, 11) is 0. The number of ether oxygens (including phenoxy) is 2. The van der Waals surface area contributed by atoms with Gasteiger partial charge in [-0.15, -0.1) is 11.3 Å². The molecule has 0 aliphatic heterocycles. The number of benzene rings is 3. The summed E-state index contributed by atoms with van der Waals surface area (Å²) in [5, 5.41) is 19.0. The molecule has 200 valence electrons. The van der Waals surface area contributed by atoms with Gasteiger partial charge in [-0.2, -0.15) is 5.10 Å². The van der Waals surface area contributed by atoms with Crippen molar-refractivity contribution in [2.75, 3.05) is 18.5 Å². The Morgan fingerprint density at radius 3 is 2.54 bits per heavy atom. The third-order valence-corrected chi connectivity index (χ3v) is 6.65. The highest BCUT2D eigenvalue weighted by Gasteiger charge is 2.14. The number of nitrogens with zero attached hydrogens (tertiary/aromatic N) is 2. The summed E-state index contributed by atoms with van der Waals surface area (Å²) in [5.74, 6) is -0.838. The predicted molar refractivity (Wildman–Crippen MR) is 156 cm³/mol. The number of carbonyl (C=O) groups is 2. The molecule has 0 unspecified atom stereocenters. The smallest absolute Gasteiger partial charge is 0.341 e. The average Bonchev–Trinajstić information content (AvgIpc) is 3.38. The van der Waals surface area contributed by atoms with Crippen LogP contribution in [0.15, 0.2) is 75.6 Å². The molecule has 0 fully saturated rings. The molecule has 0 saturated carbocycles. The van der Waals surface area contributed by atoms with Crippen molar-refractivity contribution < 1.29 is 24.2 Å². The number of carbonyl (C=O) groups excluding carboxylic acids is 1. The number of thiazole rings is 1. The fourth-order valence-electron chi connectivity index (χ4n) is 3.45. The number of hydrazone groups is 1. The molecule has 0 bridgehead atoms. The van der Waals surface area contributed by atoms with Crippen molar-refractivity contribution in [3.8, 4) is 22.8 Å². The molecule has 1 heterocycles. The Morgan fingerprint density at radius 1 is 1.10 bits per heavy atom. The minimum Gasteiger partial charge on any atom is -0.490 e. The van der Waals surface area contributed by atoms with Crippen LogP contribution in [0.4, 0.5) is 10.8 Å². The maximum absolute atomic E-state index is 12.6. The zero-order valence-electron chi connectivity index (χ0n) is 21.1. The van der Waals surface area contributed by atoms with E-state index in [-0.39, 0.29) is 11.7 Å². The maximum Gasteiger partial charge on any atom is 0.341 e. The molecule has 3 N–H and O–H groups in total. The van der Waals surface area contributed by atoms with Gasteiger partial charge in [-0.25, -0.2) is 15.2 Å². The summed E-state index contributed by atoms with van der Waals surface area (Å²) >= 11 is 4.87. The number of aliphatic carboxylic acids is 1. The van der Waals surface area contributed by atoms with E-state index in [1.165, 1.54) is 23.1 Å². The first-order chi connectivity index (χ1) is 18.8. The van der Waals surface area contributed by atoms with Crippen LogP contribution >= 0.6 is 27.3 Å². The van der Waals surface area contributed by atoms with Gasteiger partial charge in [0.25, 0.3) is 5.91 Å². The number of anilines is 2. The van der Waals surface area contributed by atoms with Crippen molar-refractivity contribution in [3.63, 3.8) is 0 Å². The van der Waals surface area contributed by atoms with E-state index in [1.54, 1.807) is 31.2 Å². The SMILES string of the molecule is CCOc1cc(/C=N\NC(=O)c2ccc(-c3csc(Nc4ccc(C)cc4)n3)cc2)cc(Br)c1OCC(=O)O. The lowest BCUT2D eigenvalue weighted by molar-refractivity contribution is -0.139. The van der Waals surface area contributed by atoms with Gasteiger partial charge in [0.05, 0.1) is 23.0 Å². The number of nitrogens with one attached hydrogen (secondary N) is 2. The van der Waals surface area contributed by atoms with Crippen LogP contribution in [0.1, 0.15) is 28.4 Å². The van der Waals surface area contributed by atoms with E-state index in [4.69, 9.17) is 14.6 Å². The van der Waals surface area contributed by atoms with E-state index in [9.17, 15) is 9.59 Å². The highest BCUT2D eigenvalue weighted by Crippen LogP contribution is 2.36. The van der Waals surface area contributed by atoms with Crippen molar-refractivity contribution in [2.24, 2.45) is 5.10 Å². The van der Waals surface area contributed by atoms with Gasteiger partial charge in [0, 0.05) is 22.2 Å². The van der Waals surface area contributed by atoms with E-state index >= 15 is 0 Å². The summed E-state index contributed by atoms with van der Waals surface area (Å²) in [4.78, 5) is 28.1. The van der Waals surface area contributed by atoms with Gasteiger partial charge in [-0.1, -0.05) is 29.8 Å². The lowest BCUT2D eigenvalue weighted by Gasteiger charge is -2.13. The summed E-state index contributed by atoms with van der Waals surface area (Å²) in [6, 6.07) is 18.5. The van der Waals surface area contributed by atoms with E-state index in [0.29, 0.717) is 28.0 Å². The molecule has 4 rings (SSSR count). The number of carboxylic acids is 1. The first-order valence-corrected chi connectivity index (χ1v) is 13.5. The lowest BCUT2D eigenvalue weighted by atomic mass is 10.1. The Kier molecular flexibility index (Phi) is 9.29. The van der Waals surface area contributed by atoms with Gasteiger partial charge in [0.2, 0.25) is 0 Å². The van der Waals surface area contributed by atoms with Crippen molar-refractivity contribution in [3.05, 3.63) is 87.2 Å². The molecule has 0 aliphatic rings. The Bertz CT molecular complexity index is 1490. The fraction of sp³-hybridized carbons (Fsp3) is 0.143. The number of amides is 1. The topological polar surface area (TPSA) is 122 Å². The number of hydrogen-bond donors (Lipinski definition) is 3. The maximum atomic E-state index is 12.6. The monoisotopic (exact) mass is 608 g/mol. The zero-order chi connectivity index (χ0) is 27.8. The minimum atomic E-state index is -1.10. The standard InChI is InChI=1S/C28H25BrN4O5S/c1-3-37-24-13-18(12-22(29)26(24)38-15-25(34)35)14-30-33-27(36)20-8-6-19(7-9-20)23-16-39-28(32-23)31-21-10-4-17(2)5-11-21/h4-14,16H,3,15H2,1-2H3,(H,31,32)(H,33,36)(H,34,35)/b30-14-. The molecule has 0 atom stereocenters. The number of hydrogen-bond acceptors (Lipinski definition) is 8. The van der Waals surface area contributed by atoms with Crippen LogP contribution in [-0.2, 0) is 4.79 Å². The number of aryl methyl sites for hydroxylation is 1. The third-order valence-electron chi connectivity index (χ3n) is 5.30. The molecule has 11 heteroatoms. The number of halogens is 1. The Labute approximate surface area is 237 Å². The highest BCUT2D eigenvalue weighted by molar-refractivity contribution is 9.10. The molecule has 0 radical (unpaired) electrons. The number of aromatic nitrogens is 1. The van der Waals surface area contributed by atoms with E-state index < -0.39 is 12.6 Å². The first-order valence-electron chi connectivity index (χ1n) is 11.9. The van der Waals surface area contributed by atoms with E-state index in [1.807, 2.05) is 48.7 Å². The van der Waals surface area contributed by atoms with Gasteiger partial charge in [0.1, 0.15) is 0 Å². The molecule has 1 amide bonds. The molecular formula is C28H25BrN4O5S. The highest BCUT2D eigenvalue weighted by atomic mass is 79.9. The van der Waals surface area contributed by atoms with Crippen molar-refractivity contribution >= 4 is 56.2 Å². The summed E-state index contributed by atoms with van der Waals surface area (Å²) in [5.41, 5.74) is 7.43. The van der Waals surface area contributed by atoms with Crippen molar-refractivity contribution in [1.82, 2.24) is 10.4 Å². The summed E-state index contributed by atoms with van der Waals surface area (Å²) in [6.45, 7) is 3.70. The van der Waals surface area contributed by atoms with Crippen LogP contribution in [0, 0.1) is 6.92 Å². The van der Waals surface area contributed by atoms with Gasteiger partial charge in [-0.05, 0) is 71.7 Å². The third kappa shape index (κ3) is 7.65. The molecule has 0 saturated heterocycles. The fourth-order valence-corrected chi connectivity index (χ4v) is 4.76. The van der Waals surface area contributed by atoms with E-state index in [2.05, 4.69) is 36.8 Å². The minimum absolute atomic E-state index is 0.277.